The summed E-state index contributed by atoms with van der Waals surface area (Å²) in [5.41, 5.74) is 10.9. The molecule has 5 nitrogen and oxygen atoms in total. The van der Waals surface area contributed by atoms with Gasteiger partial charge in [-0.2, -0.15) is 0 Å². The first-order valence-corrected chi connectivity index (χ1v) is 10.9. The van der Waals surface area contributed by atoms with Gasteiger partial charge in [-0.1, -0.05) is 77.8 Å². The summed E-state index contributed by atoms with van der Waals surface area (Å²) in [6.07, 6.45) is -0.409. The maximum atomic E-state index is 13.2. The van der Waals surface area contributed by atoms with Gasteiger partial charge in [0.2, 0.25) is 0 Å². The van der Waals surface area contributed by atoms with E-state index in [0.29, 0.717) is 10.6 Å². The molecule has 0 saturated carbocycles. The minimum atomic E-state index is -1.11. The summed E-state index contributed by atoms with van der Waals surface area (Å²) < 4.78 is 5.74. The van der Waals surface area contributed by atoms with Crippen LogP contribution in [0.25, 0.3) is 11.1 Å². The third-order valence-electron chi connectivity index (χ3n) is 5.74. The lowest BCUT2D eigenvalue weighted by atomic mass is 9.90. The molecular weight excluding hydrogens is 449 g/mol. The molecule has 0 spiro atoms. The normalized spacial score (nSPS) is 14.3. The quantitative estimate of drug-likeness (QED) is 0.462. The number of rotatable bonds is 7. The molecule has 0 aliphatic heterocycles. The molecular formula is C25H21Cl2NO4. The van der Waals surface area contributed by atoms with Crippen molar-refractivity contribution in [3.8, 4) is 11.1 Å². The van der Waals surface area contributed by atoms with Crippen molar-refractivity contribution in [2.75, 3.05) is 6.61 Å². The second kappa shape index (κ2) is 9.33. The molecule has 4 rings (SSSR count). The topological polar surface area (TPSA) is 89.6 Å². The zero-order valence-corrected chi connectivity index (χ0v) is 18.5. The Balaban J connectivity index is 1.61. The lowest BCUT2D eigenvalue weighted by Gasteiger charge is -2.24. The maximum absolute atomic E-state index is 13.2. The second-order valence-electron chi connectivity index (χ2n) is 7.76. The van der Waals surface area contributed by atoms with Gasteiger partial charge in [-0.15, -0.1) is 0 Å². The van der Waals surface area contributed by atoms with Crippen LogP contribution in [0.15, 0.2) is 66.7 Å². The van der Waals surface area contributed by atoms with Gasteiger partial charge in [0.15, 0.2) is 0 Å². The average Bonchev–Trinajstić information content (AvgIpc) is 3.07. The van der Waals surface area contributed by atoms with Crippen LogP contribution in [0.1, 0.15) is 34.9 Å². The van der Waals surface area contributed by atoms with Crippen LogP contribution in [-0.2, 0) is 14.3 Å². The minimum Gasteiger partial charge on any atom is -0.481 e. The highest BCUT2D eigenvalue weighted by molar-refractivity contribution is 6.35. The highest BCUT2D eigenvalue weighted by atomic mass is 35.5. The molecule has 0 aromatic heterocycles. The number of hydrogen-bond acceptors (Lipinski definition) is 4. The Bertz CT molecular complexity index is 1130. The molecule has 1 aliphatic rings. The van der Waals surface area contributed by atoms with Crippen molar-refractivity contribution in [2.24, 2.45) is 5.73 Å². The van der Waals surface area contributed by atoms with E-state index in [1.165, 1.54) is 6.07 Å². The highest BCUT2D eigenvalue weighted by Crippen LogP contribution is 2.44. The van der Waals surface area contributed by atoms with Crippen LogP contribution in [0.3, 0.4) is 0 Å². The first-order chi connectivity index (χ1) is 15.4. The molecule has 1 aliphatic carbocycles. The zero-order chi connectivity index (χ0) is 22.8. The second-order valence-corrected chi connectivity index (χ2v) is 8.61. The molecule has 3 aromatic rings. The summed E-state index contributed by atoms with van der Waals surface area (Å²) in [4.78, 5) is 24.5. The Morgan fingerprint density at radius 1 is 0.969 bits per heavy atom. The van der Waals surface area contributed by atoms with E-state index in [2.05, 4.69) is 12.1 Å². The lowest BCUT2D eigenvalue weighted by Crippen LogP contribution is -2.37. The van der Waals surface area contributed by atoms with E-state index in [-0.39, 0.29) is 17.5 Å². The summed E-state index contributed by atoms with van der Waals surface area (Å²) in [5.74, 6) is -2.89. The predicted octanol–water partition coefficient (Wildman–Crippen LogP) is 5.23. The lowest BCUT2D eigenvalue weighted by molar-refractivity contribution is -0.146. The summed E-state index contributed by atoms with van der Waals surface area (Å²) in [6.45, 7) is 0.106. The molecule has 0 bridgehead atoms. The summed E-state index contributed by atoms with van der Waals surface area (Å²) in [5, 5.41) is 9.84. The molecule has 0 fully saturated rings. The number of aliphatic carboxylic acids is 1. The Kier molecular flexibility index (Phi) is 6.51. The van der Waals surface area contributed by atoms with Gasteiger partial charge in [-0.3, -0.25) is 9.59 Å². The number of carboxylic acids is 1. The van der Waals surface area contributed by atoms with Crippen molar-refractivity contribution in [2.45, 2.75) is 24.3 Å². The van der Waals surface area contributed by atoms with Gasteiger partial charge < -0.3 is 15.6 Å². The average molecular weight is 470 g/mol. The van der Waals surface area contributed by atoms with Crippen molar-refractivity contribution in [1.29, 1.82) is 0 Å². The fraction of sp³-hybridized carbons (Fsp3) is 0.200. The smallest absolute Gasteiger partial charge is 0.315 e. The van der Waals surface area contributed by atoms with Crippen molar-refractivity contribution in [1.82, 2.24) is 0 Å². The predicted molar refractivity (Wildman–Crippen MR) is 124 cm³/mol. The fourth-order valence-electron chi connectivity index (χ4n) is 4.30. The number of halogens is 2. The van der Waals surface area contributed by atoms with Gasteiger partial charge in [0.25, 0.3) is 0 Å². The molecule has 0 saturated heterocycles. The highest BCUT2D eigenvalue weighted by Gasteiger charge is 2.34. The van der Waals surface area contributed by atoms with Crippen LogP contribution in [-0.4, -0.2) is 29.7 Å². The van der Waals surface area contributed by atoms with Gasteiger partial charge in [-0.05, 0) is 39.9 Å². The number of carbonyl (C=O) groups is 2. The monoisotopic (exact) mass is 469 g/mol. The van der Waals surface area contributed by atoms with E-state index in [1.807, 2.05) is 36.4 Å². The summed E-state index contributed by atoms with van der Waals surface area (Å²) >= 11 is 12.3. The van der Waals surface area contributed by atoms with E-state index < -0.39 is 30.3 Å². The Morgan fingerprint density at radius 3 is 2.12 bits per heavy atom. The minimum absolute atomic E-state index is 0.106. The summed E-state index contributed by atoms with van der Waals surface area (Å²) in [6, 6.07) is 19.7. The molecule has 3 N–H and O–H groups in total. The molecule has 7 heteroatoms. The molecule has 3 aromatic carbocycles. The standard InChI is InChI=1S/C25H21Cl2NO4/c26-14-9-10-19(21(27)11-14)24(22(28)12-23(29)30)25(31)32-13-20-17-7-3-1-5-15(17)16-6-2-4-8-18(16)20/h1-11,20,22,24H,12-13,28H2,(H,29,30)/t22-,24?/m1/s1. The van der Waals surface area contributed by atoms with Gasteiger partial charge in [0.05, 0.1) is 12.3 Å². The van der Waals surface area contributed by atoms with Crippen LogP contribution >= 0.6 is 23.2 Å². The van der Waals surface area contributed by atoms with Crippen molar-refractivity contribution < 1.29 is 19.4 Å². The van der Waals surface area contributed by atoms with E-state index >= 15 is 0 Å². The number of fused-ring (bicyclic) bond motifs is 3. The number of carbonyl (C=O) groups excluding carboxylic acids is 1. The fourth-order valence-corrected chi connectivity index (χ4v) is 4.83. The molecule has 0 amide bonds. The number of hydrogen-bond donors (Lipinski definition) is 2. The number of ether oxygens (including phenoxy) is 1. The Hall–Kier alpha value is -2.86. The third kappa shape index (κ3) is 4.37. The zero-order valence-electron chi connectivity index (χ0n) is 17.0. The van der Waals surface area contributed by atoms with Crippen molar-refractivity contribution >= 4 is 35.1 Å². The largest absolute Gasteiger partial charge is 0.481 e. The molecule has 2 atom stereocenters. The number of nitrogens with two attached hydrogens (primary N) is 1. The van der Waals surface area contributed by atoms with Crippen molar-refractivity contribution in [3.63, 3.8) is 0 Å². The van der Waals surface area contributed by atoms with Crippen LogP contribution in [0.5, 0.6) is 0 Å². The Labute approximate surface area is 195 Å². The van der Waals surface area contributed by atoms with Crippen LogP contribution < -0.4 is 5.73 Å². The van der Waals surface area contributed by atoms with Gasteiger partial charge >= 0.3 is 11.9 Å². The van der Waals surface area contributed by atoms with Gasteiger partial charge in [0, 0.05) is 22.0 Å². The first-order valence-electron chi connectivity index (χ1n) is 10.1. The molecule has 0 heterocycles. The van der Waals surface area contributed by atoms with Crippen LogP contribution in [0.2, 0.25) is 10.0 Å². The van der Waals surface area contributed by atoms with E-state index in [1.54, 1.807) is 12.1 Å². The number of esters is 1. The SMILES string of the molecule is N[C@H](CC(=O)O)C(C(=O)OCC1c2ccccc2-c2ccccc21)c1ccc(Cl)cc1Cl. The van der Waals surface area contributed by atoms with E-state index in [0.717, 1.165) is 22.3 Å². The molecule has 164 valence electrons. The van der Waals surface area contributed by atoms with Crippen molar-refractivity contribution in [3.05, 3.63) is 93.5 Å². The van der Waals surface area contributed by atoms with Gasteiger partial charge in [-0.25, -0.2) is 0 Å². The summed E-state index contributed by atoms with van der Waals surface area (Å²) in [7, 11) is 0. The number of benzene rings is 3. The maximum Gasteiger partial charge on any atom is 0.315 e. The molecule has 0 radical (unpaired) electrons. The van der Waals surface area contributed by atoms with Gasteiger partial charge in [0.1, 0.15) is 6.61 Å². The van der Waals surface area contributed by atoms with E-state index in [4.69, 9.17) is 33.7 Å². The van der Waals surface area contributed by atoms with Crippen LogP contribution in [0.4, 0.5) is 0 Å². The molecule has 32 heavy (non-hydrogen) atoms. The van der Waals surface area contributed by atoms with E-state index in [9.17, 15) is 14.7 Å². The number of carboxylic acid groups (broad SMARTS) is 1. The van der Waals surface area contributed by atoms with Crippen LogP contribution in [0, 0.1) is 0 Å². The first kappa shape index (κ1) is 22.3. The molecule has 1 unspecified atom stereocenters. The third-order valence-corrected chi connectivity index (χ3v) is 6.31. The Morgan fingerprint density at radius 2 is 1.56 bits per heavy atom.